The molecule has 0 fully saturated rings. The zero-order valence-electron chi connectivity index (χ0n) is 13.3. The topological polar surface area (TPSA) is 106 Å². The van der Waals surface area contributed by atoms with Gasteiger partial charge < -0.3 is 10.1 Å². The molecule has 0 bridgehead atoms. The number of unbranched alkanes of at least 4 members (excludes halogenated alkanes) is 1. The predicted molar refractivity (Wildman–Crippen MR) is 84.1 cm³/mol. The van der Waals surface area contributed by atoms with Crippen LogP contribution in [0.15, 0.2) is 12.3 Å². The average Bonchev–Trinajstić information content (AvgIpc) is 2.36. The number of hydrogen-bond donors (Lipinski definition) is 2. The van der Waals surface area contributed by atoms with Crippen molar-refractivity contribution in [2.24, 2.45) is 0 Å². The number of hydrogen-bond acceptors (Lipinski definition) is 6. The summed E-state index contributed by atoms with van der Waals surface area (Å²) in [4.78, 5) is 26.2. The molecular weight excluding hydrogens is 288 g/mol. The number of rotatable bonds is 6. The number of aromatic nitrogens is 1. The van der Waals surface area contributed by atoms with E-state index in [1.165, 1.54) is 6.07 Å². The van der Waals surface area contributed by atoms with Gasteiger partial charge in [0.2, 0.25) is 0 Å². The number of amides is 1. The molecule has 0 spiro atoms. The van der Waals surface area contributed by atoms with E-state index in [2.05, 4.69) is 22.5 Å². The Morgan fingerprint density at radius 2 is 2.14 bits per heavy atom. The van der Waals surface area contributed by atoms with E-state index in [0.29, 0.717) is 12.4 Å². The quantitative estimate of drug-likeness (QED) is 0.473. The van der Waals surface area contributed by atoms with Gasteiger partial charge in [-0.1, -0.05) is 13.3 Å². The molecule has 0 aliphatic rings. The molecule has 1 rings (SSSR count). The normalized spacial score (nSPS) is 10.9. The van der Waals surface area contributed by atoms with Crippen molar-refractivity contribution in [1.29, 1.82) is 0 Å². The summed E-state index contributed by atoms with van der Waals surface area (Å²) in [7, 11) is 0. The SMILES string of the molecule is CCCCNc1cc(NC(=O)OC(C)(C)C)c([N+](=O)[O-])cn1. The molecule has 22 heavy (non-hydrogen) atoms. The second-order valence-electron chi connectivity index (χ2n) is 5.75. The number of anilines is 2. The van der Waals surface area contributed by atoms with Gasteiger partial charge in [-0.05, 0) is 27.2 Å². The van der Waals surface area contributed by atoms with E-state index >= 15 is 0 Å². The molecule has 0 atom stereocenters. The zero-order valence-corrected chi connectivity index (χ0v) is 13.3. The Labute approximate surface area is 129 Å². The van der Waals surface area contributed by atoms with Gasteiger partial charge in [0, 0.05) is 12.6 Å². The van der Waals surface area contributed by atoms with Crippen LogP contribution in [0.5, 0.6) is 0 Å². The Kier molecular flexibility index (Phi) is 6.09. The van der Waals surface area contributed by atoms with Crippen LogP contribution < -0.4 is 10.6 Å². The van der Waals surface area contributed by atoms with E-state index in [1.54, 1.807) is 20.8 Å². The van der Waals surface area contributed by atoms with Gasteiger partial charge in [0.25, 0.3) is 0 Å². The van der Waals surface area contributed by atoms with Gasteiger partial charge in [0.1, 0.15) is 23.3 Å². The second kappa shape index (κ2) is 7.58. The molecule has 0 aliphatic carbocycles. The van der Waals surface area contributed by atoms with E-state index in [-0.39, 0.29) is 11.4 Å². The van der Waals surface area contributed by atoms with Gasteiger partial charge in [0.15, 0.2) is 0 Å². The summed E-state index contributed by atoms with van der Waals surface area (Å²) in [6.07, 6.45) is 2.33. The molecule has 0 saturated carbocycles. The molecule has 0 radical (unpaired) electrons. The van der Waals surface area contributed by atoms with Crippen molar-refractivity contribution in [2.45, 2.75) is 46.1 Å². The first kappa shape index (κ1) is 17.7. The van der Waals surface area contributed by atoms with Crippen LogP contribution in [-0.2, 0) is 4.74 Å². The van der Waals surface area contributed by atoms with Crippen LogP contribution in [0.3, 0.4) is 0 Å². The number of carbonyl (C=O) groups is 1. The van der Waals surface area contributed by atoms with Crippen LogP contribution in [0.25, 0.3) is 0 Å². The third-order valence-electron chi connectivity index (χ3n) is 2.55. The molecule has 1 heterocycles. The molecule has 8 nitrogen and oxygen atoms in total. The Morgan fingerprint density at radius 3 is 2.68 bits per heavy atom. The molecule has 122 valence electrons. The van der Waals surface area contributed by atoms with Crippen LogP contribution in [0.2, 0.25) is 0 Å². The smallest absolute Gasteiger partial charge is 0.412 e. The van der Waals surface area contributed by atoms with Gasteiger partial charge in [0.05, 0.1) is 4.92 Å². The van der Waals surface area contributed by atoms with Gasteiger partial charge in [-0.2, -0.15) is 0 Å². The summed E-state index contributed by atoms with van der Waals surface area (Å²) in [6.45, 7) is 7.90. The van der Waals surface area contributed by atoms with Crippen LogP contribution in [0, 0.1) is 10.1 Å². The van der Waals surface area contributed by atoms with Crippen LogP contribution in [-0.4, -0.2) is 28.1 Å². The summed E-state index contributed by atoms with van der Waals surface area (Å²) in [5.74, 6) is 0.463. The van der Waals surface area contributed by atoms with Crippen molar-refractivity contribution in [1.82, 2.24) is 4.98 Å². The number of nitrogens with one attached hydrogen (secondary N) is 2. The van der Waals surface area contributed by atoms with Crippen molar-refractivity contribution >= 4 is 23.3 Å². The lowest BCUT2D eigenvalue weighted by molar-refractivity contribution is -0.384. The van der Waals surface area contributed by atoms with Gasteiger partial charge in [-0.25, -0.2) is 9.78 Å². The largest absolute Gasteiger partial charge is 0.444 e. The summed E-state index contributed by atoms with van der Waals surface area (Å²) in [5, 5.41) is 16.5. The summed E-state index contributed by atoms with van der Waals surface area (Å²) in [6, 6.07) is 1.43. The molecule has 0 aromatic carbocycles. The maximum absolute atomic E-state index is 11.8. The Bertz CT molecular complexity index is 540. The first-order valence-electron chi connectivity index (χ1n) is 7.11. The lowest BCUT2D eigenvalue weighted by Crippen LogP contribution is -2.27. The minimum Gasteiger partial charge on any atom is -0.444 e. The van der Waals surface area contributed by atoms with Crippen molar-refractivity contribution in [3.05, 3.63) is 22.4 Å². The highest BCUT2D eigenvalue weighted by Crippen LogP contribution is 2.26. The summed E-state index contributed by atoms with van der Waals surface area (Å²) >= 11 is 0. The standard InChI is InChI=1S/C14H22N4O4/c1-5-6-7-15-12-8-10(11(9-16-12)18(20)21)17-13(19)22-14(2,3)4/h8-9H,5-7H2,1-4H3,(H2,15,16,17,19). The summed E-state index contributed by atoms with van der Waals surface area (Å²) < 4.78 is 5.10. The molecule has 0 saturated heterocycles. The van der Waals surface area contributed by atoms with Crippen molar-refractivity contribution in [3.8, 4) is 0 Å². The lowest BCUT2D eigenvalue weighted by atomic mass is 10.2. The van der Waals surface area contributed by atoms with Gasteiger partial charge >= 0.3 is 11.8 Å². The van der Waals surface area contributed by atoms with E-state index < -0.39 is 16.6 Å². The molecule has 0 aliphatic heterocycles. The number of ether oxygens (including phenoxy) is 1. The highest BCUT2D eigenvalue weighted by molar-refractivity contribution is 5.88. The van der Waals surface area contributed by atoms with E-state index in [4.69, 9.17) is 4.74 Å². The highest BCUT2D eigenvalue weighted by atomic mass is 16.6. The van der Waals surface area contributed by atoms with Crippen LogP contribution in [0.1, 0.15) is 40.5 Å². The Balaban J connectivity index is 2.90. The first-order valence-corrected chi connectivity index (χ1v) is 7.11. The minimum absolute atomic E-state index is 0.0493. The maximum Gasteiger partial charge on any atom is 0.412 e. The number of carbonyl (C=O) groups excluding carboxylic acids is 1. The van der Waals surface area contributed by atoms with Crippen molar-refractivity contribution in [3.63, 3.8) is 0 Å². The minimum atomic E-state index is -0.749. The monoisotopic (exact) mass is 310 g/mol. The molecular formula is C14H22N4O4. The van der Waals surface area contributed by atoms with E-state index in [0.717, 1.165) is 19.0 Å². The zero-order chi connectivity index (χ0) is 16.8. The number of nitro groups is 1. The molecule has 1 aromatic heterocycles. The summed E-state index contributed by atoms with van der Waals surface area (Å²) in [5.41, 5.74) is -0.922. The third-order valence-corrected chi connectivity index (χ3v) is 2.55. The first-order chi connectivity index (χ1) is 10.2. The number of pyridine rings is 1. The average molecular weight is 310 g/mol. The Hall–Kier alpha value is -2.38. The van der Waals surface area contributed by atoms with Crippen molar-refractivity contribution < 1.29 is 14.5 Å². The molecule has 0 unspecified atom stereocenters. The fourth-order valence-corrected chi connectivity index (χ4v) is 1.60. The Morgan fingerprint density at radius 1 is 1.45 bits per heavy atom. The second-order valence-corrected chi connectivity index (χ2v) is 5.75. The highest BCUT2D eigenvalue weighted by Gasteiger charge is 2.21. The number of nitrogens with zero attached hydrogens (tertiary/aromatic N) is 2. The molecule has 1 amide bonds. The van der Waals surface area contributed by atoms with Gasteiger partial charge in [-0.3, -0.25) is 15.4 Å². The lowest BCUT2D eigenvalue weighted by Gasteiger charge is -2.19. The molecule has 8 heteroatoms. The van der Waals surface area contributed by atoms with Crippen molar-refractivity contribution in [2.75, 3.05) is 17.2 Å². The molecule has 2 N–H and O–H groups in total. The molecule has 1 aromatic rings. The van der Waals surface area contributed by atoms with E-state index in [1.807, 2.05) is 0 Å². The maximum atomic E-state index is 11.8. The predicted octanol–water partition coefficient (Wildman–Crippen LogP) is 3.55. The van der Waals surface area contributed by atoms with Crippen LogP contribution >= 0.6 is 0 Å². The van der Waals surface area contributed by atoms with Crippen LogP contribution in [0.4, 0.5) is 22.0 Å². The van der Waals surface area contributed by atoms with E-state index in [9.17, 15) is 14.9 Å². The fraction of sp³-hybridized carbons (Fsp3) is 0.571. The fourth-order valence-electron chi connectivity index (χ4n) is 1.60. The van der Waals surface area contributed by atoms with Gasteiger partial charge in [-0.15, -0.1) is 0 Å². The third kappa shape index (κ3) is 5.94.